The largest absolute Gasteiger partial charge is 0.353 e. The Bertz CT molecular complexity index is 207. The summed E-state index contributed by atoms with van der Waals surface area (Å²) in [5, 5.41) is 6.32. The fraction of sp³-hybridized carbons (Fsp3) is 0.909. The van der Waals surface area contributed by atoms with Gasteiger partial charge in [0, 0.05) is 12.6 Å². The molecule has 1 aliphatic heterocycles. The van der Waals surface area contributed by atoms with Crippen molar-refractivity contribution in [3.63, 3.8) is 0 Å². The molecule has 3 nitrogen and oxygen atoms in total. The lowest BCUT2D eigenvalue weighted by molar-refractivity contribution is -0.130. The lowest BCUT2D eigenvalue weighted by atomic mass is 9.88. The monoisotopic (exact) mass is 198 g/mol. The van der Waals surface area contributed by atoms with E-state index in [1.165, 1.54) is 0 Å². The first-order chi connectivity index (χ1) is 6.46. The lowest BCUT2D eigenvalue weighted by Crippen LogP contribution is -2.45. The van der Waals surface area contributed by atoms with Gasteiger partial charge >= 0.3 is 0 Å². The van der Waals surface area contributed by atoms with Crippen LogP contribution in [0.1, 0.15) is 34.1 Å². The molecule has 1 heterocycles. The van der Waals surface area contributed by atoms with Gasteiger partial charge in [-0.3, -0.25) is 4.79 Å². The Kier molecular flexibility index (Phi) is 3.53. The molecule has 82 valence electrons. The van der Waals surface area contributed by atoms with Crippen LogP contribution in [0.2, 0.25) is 0 Å². The first kappa shape index (κ1) is 11.5. The normalized spacial score (nSPS) is 29.2. The molecule has 0 radical (unpaired) electrons. The second-order valence-corrected chi connectivity index (χ2v) is 4.99. The summed E-state index contributed by atoms with van der Waals surface area (Å²) in [6.45, 7) is 10.1. The fourth-order valence-corrected chi connectivity index (χ4v) is 1.56. The average molecular weight is 198 g/mol. The molecule has 1 rings (SSSR count). The van der Waals surface area contributed by atoms with Crippen LogP contribution in [-0.4, -0.2) is 25.0 Å². The summed E-state index contributed by atoms with van der Waals surface area (Å²) in [5.74, 6) is 0.695. The minimum Gasteiger partial charge on any atom is -0.353 e. The van der Waals surface area contributed by atoms with Gasteiger partial charge in [0.1, 0.15) is 0 Å². The molecule has 1 saturated heterocycles. The predicted molar refractivity (Wildman–Crippen MR) is 58.0 cm³/mol. The smallest absolute Gasteiger partial charge is 0.227 e. The second-order valence-electron chi connectivity index (χ2n) is 4.99. The molecule has 0 aliphatic carbocycles. The van der Waals surface area contributed by atoms with E-state index in [2.05, 4.69) is 31.4 Å². The highest BCUT2D eigenvalue weighted by atomic mass is 16.2. The Balaban J connectivity index is 2.49. The van der Waals surface area contributed by atoms with Crippen molar-refractivity contribution in [2.75, 3.05) is 13.1 Å². The molecule has 1 fully saturated rings. The van der Waals surface area contributed by atoms with E-state index in [4.69, 9.17) is 0 Å². The maximum absolute atomic E-state index is 11.9. The predicted octanol–water partition coefficient (Wildman–Crippen LogP) is 1.15. The quantitative estimate of drug-likeness (QED) is 0.714. The molecular formula is C11H22N2O. The first-order valence-electron chi connectivity index (χ1n) is 5.47. The standard InChI is InChI=1S/C11H22N2O/c1-8(2)9(3)13-10(14)11(4)5-6-12-7-11/h8-9,12H,5-7H2,1-4H3,(H,13,14). The summed E-state index contributed by atoms with van der Waals surface area (Å²) in [5.41, 5.74) is -0.191. The van der Waals surface area contributed by atoms with E-state index in [-0.39, 0.29) is 17.4 Å². The zero-order valence-electron chi connectivity index (χ0n) is 9.68. The van der Waals surface area contributed by atoms with Gasteiger partial charge in [-0.2, -0.15) is 0 Å². The molecule has 0 aromatic carbocycles. The van der Waals surface area contributed by atoms with E-state index in [0.29, 0.717) is 5.92 Å². The summed E-state index contributed by atoms with van der Waals surface area (Å²) < 4.78 is 0. The molecule has 2 atom stereocenters. The Hall–Kier alpha value is -0.570. The highest BCUT2D eigenvalue weighted by Gasteiger charge is 2.36. The maximum atomic E-state index is 11.9. The molecular weight excluding hydrogens is 176 g/mol. The van der Waals surface area contributed by atoms with E-state index in [0.717, 1.165) is 19.5 Å². The molecule has 0 aromatic rings. The van der Waals surface area contributed by atoms with Gasteiger partial charge in [-0.15, -0.1) is 0 Å². The maximum Gasteiger partial charge on any atom is 0.227 e. The van der Waals surface area contributed by atoms with Crippen molar-refractivity contribution in [3.8, 4) is 0 Å². The van der Waals surface area contributed by atoms with Gasteiger partial charge in [0.15, 0.2) is 0 Å². The van der Waals surface area contributed by atoms with Crippen LogP contribution in [0.5, 0.6) is 0 Å². The molecule has 1 amide bonds. The third kappa shape index (κ3) is 2.47. The SMILES string of the molecule is CC(C)C(C)NC(=O)C1(C)CCNC1. The van der Waals surface area contributed by atoms with E-state index < -0.39 is 0 Å². The van der Waals surface area contributed by atoms with Crippen LogP contribution in [0.3, 0.4) is 0 Å². The summed E-state index contributed by atoms with van der Waals surface area (Å²) in [6.07, 6.45) is 0.948. The second kappa shape index (κ2) is 4.30. The molecule has 0 saturated carbocycles. The molecule has 2 N–H and O–H groups in total. The Morgan fingerprint density at radius 2 is 2.07 bits per heavy atom. The van der Waals surface area contributed by atoms with Gasteiger partial charge in [0.25, 0.3) is 0 Å². The van der Waals surface area contributed by atoms with Crippen molar-refractivity contribution >= 4 is 5.91 Å². The van der Waals surface area contributed by atoms with Crippen LogP contribution in [0, 0.1) is 11.3 Å². The van der Waals surface area contributed by atoms with Crippen LogP contribution >= 0.6 is 0 Å². The van der Waals surface area contributed by atoms with Crippen molar-refractivity contribution < 1.29 is 4.79 Å². The number of nitrogens with one attached hydrogen (secondary N) is 2. The molecule has 0 spiro atoms. The van der Waals surface area contributed by atoms with Crippen molar-refractivity contribution in [1.29, 1.82) is 0 Å². The van der Waals surface area contributed by atoms with E-state index in [1.807, 2.05) is 6.92 Å². The highest BCUT2D eigenvalue weighted by Crippen LogP contribution is 2.24. The topological polar surface area (TPSA) is 41.1 Å². The number of hydrogen-bond acceptors (Lipinski definition) is 2. The van der Waals surface area contributed by atoms with Crippen LogP contribution in [0.4, 0.5) is 0 Å². The average Bonchev–Trinajstić information content (AvgIpc) is 2.53. The minimum atomic E-state index is -0.191. The van der Waals surface area contributed by atoms with Crippen LogP contribution < -0.4 is 10.6 Å². The summed E-state index contributed by atoms with van der Waals surface area (Å²) >= 11 is 0. The third-order valence-electron chi connectivity index (χ3n) is 3.28. The molecule has 0 aromatic heterocycles. The van der Waals surface area contributed by atoms with Gasteiger partial charge < -0.3 is 10.6 Å². The molecule has 0 bridgehead atoms. The minimum absolute atomic E-state index is 0.191. The fourth-order valence-electron chi connectivity index (χ4n) is 1.56. The number of rotatable bonds is 3. The van der Waals surface area contributed by atoms with Crippen molar-refractivity contribution in [2.45, 2.75) is 40.2 Å². The Labute approximate surface area is 86.6 Å². The van der Waals surface area contributed by atoms with Crippen molar-refractivity contribution in [2.24, 2.45) is 11.3 Å². The van der Waals surface area contributed by atoms with Crippen LogP contribution in [-0.2, 0) is 4.79 Å². The molecule has 3 heteroatoms. The Morgan fingerprint density at radius 1 is 1.43 bits per heavy atom. The van der Waals surface area contributed by atoms with Gasteiger partial charge in [0.2, 0.25) is 5.91 Å². The Morgan fingerprint density at radius 3 is 2.50 bits per heavy atom. The highest BCUT2D eigenvalue weighted by molar-refractivity contribution is 5.83. The third-order valence-corrected chi connectivity index (χ3v) is 3.28. The van der Waals surface area contributed by atoms with Crippen LogP contribution in [0.15, 0.2) is 0 Å². The van der Waals surface area contributed by atoms with Gasteiger partial charge in [-0.05, 0) is 32.7 Å². The summed E-state index contributed by atoms with van der Waals surface area (Å²) in [7, 11) is 0. The van der Waals surface area contributed by atoms with Crippen molar-refractivity contribution in [1.82, 2.24) is 10.6 Å². The van der Waals surface area contributed by atoms with E-state index in [1.54, 1.807) is 0 Å². The van der Waals surface area contributed by atoms with Gasteiger partial charge in [-0.1, -0.05) is 13.8 Å². The van der Waals surface area contributed by atoms with Crippen LogP contribution in [0.25, 0.3) is 0 Å². The number of hydrogen-bond donors (Lipinski definition) is 2. The molecule has 1 aliphatic rings. The van der Waals surface area contributed by atoms with Gasteiger partial charge in [-0.25, -0.2) is 0 Å². The van der Waals surface area contributed by atoms with Crippen molar-refractivity contribution in [3.05, 3.63) is 0 Å². The lowest BCUT2D eigenvalue weighted by Gasteiger charge is -2.26. The molecule has 14 heavy (non-hydrogen) atoms. The van der Waals surface area contributed by atoms with E-state index >= 15 is 0 Å². The molecule has 2 unspecified atom stereocenters. The summed E-state index contributed by atoms with van der Waals surface area (Å²) in [6, 6.07) is 0.264. The summed E-state index contributed by atoms with van der Waals surface area (Å²) in [4.78, 5) is 11.9. The van der Waals surface area contributed by atoms with Gasteiger partial charge in [0.05, 0.1) is 5.41 Å². The zero-order chi connectivity index (χ0) is 10.8. The number of amides is 1. The van der Waals surface area contributed by atoms with E-state index in [9.17, 15) is 4.79 Å². The zero-order valence-corrected chi connectivity index (χ0v) is 9.68. The first-order valence-corrected chi connectivity index (χ1v) is 5.47. The number of carbonyl (C=O) groups excluding carboxylic acids is 1. The number of carbonyl (C=O) groups is 1.